The van der Waals surface area contributed by atoms with Crippen LogP contribution < -0.4 is 0 Å². The number of thiol groups is 1. The van der Waals surface area contributed by atoms with Crippen LogP contribution in [0.3, 0.4) is 0 Å². The van der Waals surface area contributed by atoms with Crippen molar-refractivity contribution in [1.29, 1.82) is 0 Å². The number of hydrogen-bond acceptors (Lipinski definition) is 3. The van der Waals surface area contributed by atoms with E-state index in [0.29, 0.717) is 10.5 Å². The van der Waals surface area contributed by atoms with Crippen LogP contribution in [0, 0.1) is 27.7 Å². The van der Waals surface area contributed by atoms with Crippen LogP contribution in [-0.2, 0) is 22.4 Å². The monoisotopic (exact) mass is 582 g/mol. The number of alkyl halides is 3. The van der Waals surface area contributed by atoms with Crippen molar-refractivity contribution in [3.63, 3.8) is 0 Å². The highest BCUT2D eigenvalue weighted by atomic mass is 32.2. The Morgan fingerprint density at radius 2 is 1.33 bits per heavy atom. The maximum atomic E-state index is 12.1. The average Bonchev–Trinajstić information content (AvgIpc) is 2.87. The Morgan fingerprint density at radius 1 is 0.846 bits per heavy atom. The molecule has 0 N–H and O–H groups in total. The first-order chi connectivity index (χ1) is 18.2. The highest BCUT2D eigenvalue weighted by molar-refractivity contribution is 7.90. The minimum atomic E-state index is -4.26. The molecule has 0 atom stereocenters. The molecule has 0 unspecified atom stereocenters. The maximum Gasteiger partial charge on any atom is 0.416 e. The predicted octanol–water partition coefficient (Wildman–Crippen LogP) is 9.88. The van der Waals surface area contributed by atoms with Gasteiger partial charge in [-0.25, -0.2) is 8.42 Å². The molecule has 0 aliphatic rings. The lowest BCUT2D eigenvalue weighted by Crippen LogP contribution is -2.04. The van der Waals surface area contributed by atoms with Crippen molar-refractivity contribution in [2.45, 2.75) is 72.4 Å². The summed E-state index contributed by atoms with van der Waals surface area (Å²) in [4.78, 5) is 0.470. The van der Waals surface area contributed by atoms with E-state index in [1.807, 2.05) is 46.8 Å². The smallest absolute Gasteiger partial charge is 0.224 e. The van der Waals surface area contributed by atoms with E-state index in [4.69, 9.17) is 0 Å². The van der Waals surface area contributed by atoms with Crippen LogP contribution in [0.2, 0.25) is 0 Å². The van der Waals surface area contributed by atoms with Gasteiger partial charge in [0.15, 0.2) is 9.84 Å². The van der Waals surface area contributed by atoms with Gasteiger partial charge in [-0.2, -0.15) is 25.8 Å². The molecule has 0 saturated carbocycles. The first kappa shape index (κ1) is 38.6. The number of hydrogen-bond donors (Lipinski definition) is 1. The molecule has 0 spiro atoms. The van der Waals surface area contributed by atoms with Crippen LogP contribution in [0.4, 0.5) is 13.2 Å². The lowest BCUT2D eigenvalue weighted by molar-refractivity contribution is -0.137. The van der Waals surface area contributed by atoms with E-state index < -0.39 is 21.6 Å². The van der Waals surface area contributed by atoms with Gasteiger partial charge in [0.1, 0.15) is 0 Å². The Morgan fingerprint density at radius 3 is 1.72 bits per heavy atom. The molecule has 0 saturated heterocycles. The maximum absolute atomic E-state index is 12.1. The average molecular weight is 583 g/mol. The molecular formula is C32H45F3O2S2. The fraction of sp³-hybridized carbons (Fsp3) is 0.375. The summed E-state index contributed by atoms with van der Waals surface area (Å²) in [6.45, 7) is 17.3. The van der Waals surface area contributed by atoms with Gasteiger partial charge in [0.05, 0.1) is 10.5 Å². The molecule has 7 heteroatoms. The van der Waals surface area contributed by atoms with Crippen molar-refractivity contribution in [1.82, 2.24) is 0 Å². The minimum Gasteiger partial charge on any atom is -0.224 e. The lowest BCUT2D eigenvalue weighted by atomic mass is 10.1. The van der Waals surface area contributed by atoms with Crippen LogP contribution >= 0.6 is 12.6 Å². The molecule has 0 amide bonds. The summed E-state index contributed by atoms with van der Waals surface area (Å²) in [6, 6.07) is 17.6. The third-order valence-corrected chi connectivity index (χ3v) is 6.47. The highest BCUT2D eigenvalue weighted by Crippen LogP contribution is 2.29. The van der Waals surface area contributed by atoms with E-state index in [0.717, 1.165) is 28.8 Å². The Bertz CT molecular complexity index is 1190. The van der Waals surface area contributed by atoms with Crippen LogP contribution in [-0.4, -0.2) is 20.9 Å². The summed E-state index contributed by atoms with van der Waals surface area (Å²) in [5, 5.41) is 0. The molecule has 0 aliphatic heterocycles. The van der Waals surface area contributed by atoms with Crippen LogP contribution in [0.1, 0.15) is 66.1 Å². The largest absolute Gasteiger partial charge is 0.416 e. The number of halogens is 3. The zero-order valence-corrected chi connectivity index (χ0v) is 26.5. The number of aryl methyl sites for hydroxylation is 5. The summed E-state index contributed by atoms with van der Waals surface area (Å²) < 4.78 is 59.0. The fourth-order valence-electron chi connectivity index (χ4n) is 3.64. The van der Waals surface area contributed by atoms with Gasteiger partial charge in [-0.3, -0.25) is 0 Å². The molecule has 3 aromatic rings. The van der Waals surface area contributed by atoms with Gasteiger partial charge >= 0.3 is 6.18 Å². The summed E-state index contributed by atoms with van der Waals surface area (Å²) >= 11 is 3.53. The Balaban J connectivity index is 0. The van der Waals surface area contributed by atoms with Gasteiger partial charge in [-0.15, -0.1) is 0 Å². The van der Waals surface area contributed by atoms with Crippen molar-refractivity contribution in [2.24, 2.45) is 0 Å². The van der Waals surface area contributed by atoms with Gasteiger partial charge in [0.25, 0.3) is 0 Å². The standard InChI is InChI=1S/C10H14O2S.C10H14.C9H7F3.C2H6.CH4S/c1-7-5-8(2)10(9(3)6-7)13(4,11)12;1-3-4-10-7-5-9(2)6-8-10;1-2-7-4-3-5-8(6-7)9(10,11)12;2*1-2/h5-6H,1-4H3;5-8H,3-4H2,1-2H3;2-6H,1H2;1-2H3;2H,1H3. The topological polar surface area (TPSA) is 34.1 Å². The Kier molecular flexibility index (Phi) is 19.4. The number of rotatable bonds is 4. The molecule has 0 aromatic heterocycles. The number of benzene rings is 3. The third kappa shape index (κ3) is 15.6. The third-order valence-electron chi connectivity index (χ3n) is 5.08. The molecular weight excluding hydrogens is 537 g/mol. The van der Waals surface area contributed by atoms with Gasteiger partial charge < -0.3 is 0 Å². The van der Waals surface area contributed by atoms with Gasteiger partial charge in [-0.1, -0.05) is 99.5 Å². The van der Waals surface area contributed by atoms with E-state index in [1.165, 1.54) is 42.4 Å². The predicted molar refractivity (Wildman–Crippen MR) is 167 cm³/mol. The molecule has 3 aromatic carbocycles. The van der Waals surface area contributed by atoms with Gasteiger partial charge in [0, 0.05) is 6.26 Å². The number of sulfone groups is 1. The summed E-state index contributed by atoms with van der Waals surface area (Å²) in [5.41, 5.74) is 5.40. The SMILES string of the molecule is C=Cc1cccc(C(F)(F)F)c1.CC.CCCc1ccc(C)cc1.CS.Cc1cc(C)c(S(C)(=O)=O)c(C)c1. The molecule has 2 nitrogen and oxygen atoms in total. The van der Waals surface area contributed by atoms with Crippen LogP contribution in [0.15, 0.2) is 72.1 Å². The molecule has 0 radical (unpaired) electrons. The van der Waals surface area contributed by atoms with Crippen molar-refractivity contribution >= 4 is 28.5 Å². The normalized spacial score (nSPS) is 10.2. The van der Waals surface area contributed by atoms with E-state index >= 15 is 0 Å². The van der Waals surface area contributed by atoms with Crippen LogP contribution in [0.5, 0.6) is 0 Å². The summed E-state index contributed by atoms with van der Waals surface area (Å²) in [6.07, 6.45) is 2.51. The molecule has 0 aliphatic carbocycles. The van der Waals surface area contributed by atoms with Crippen molar-refractivity contribution < 1.29 is 21.6 Å². The van der Waals surface area contributed by atoms with E-state index in [-0.39, 0.29) is 0 Å². The first-order valence-corrected chi connectivity index (χ1v) is 15.6. The van der Waals surface area contributed by atoms with E-state index in [9.17, 15) is 21.6 Å². The zero-order valence-electron chi connectivity index (χ0n) is 24.8. The Hall–Kier alpha value is -2.51. The second-order valence-electron chi connectivity index (χ2n) is 8.56. The van der Waals surface area contributed by atoms with Crippen molar-refractivity contribution in [2.75, 3.05) is 12.5 Å². The van der Waals surface area contributed by atoms with E-state index in [2.05, 4.69) is 57.3 Å². The minimum absolute atomic E-state index is 0.470. The van der Waals surface area contributed by atoms with Crippen LogP contribution in [0.25, 0.3) is 6.08 Å². The van der Waals surface area contributed by atoms with Crippen molar-refractivity contribution in [3.05, 3.63) is 106 Å². The molecule has 218 valence electrons. The molecule has 0 heterocycles. The fourth-order valence-corrected chi connectivity index (χ4v) is 4.92. The quantitative estimate of drug-likeness (QED) is 0.311. The molecule has 39 heavy (non-hydrogen) atoms. The van der Waals surface area contributed by atoms with Crippen molar-refractivity contribution in [3.8, 4) is 0 Å². The van der Waals surface area contributed by atoms with Gasteiger partial charge in [-0.05, 0) is 74.8 Å². The summed E-state index contributed by atoms with van der Waals surface area (Å²) in [5.74, 6) is 0. The molecule has 0 bridgehead atoms. The Labute approximate surface area is 240 Å². The molecule has 3 rings (SSSR count). The molecule has 0 fully saturated rings. The lowest BCUT2D eigenvalue weighted by Gasteiger charge is -2.08. The summed E-state index contributed by atoms with van der Waals surface area (Å²) in [7, 11) is -3.08. The second-order valence-corrected chi connectivity index (χ2v) is 10.5. The first-order valence-electron chi connectivity index (χ1n) is 12.8. The van der Waals surface area contributed by atoms with Gasteiger partial charge in [0.2, 0.25) is 0 Å². The highest BCUT2D eigenvalue weighted by Gasteiger charge is 2.30. The zero-order chi connectivity index (χ0) is 30.8. The van der Waals surface area contributed by atoms with E-state index in [1.54, 1.807) is 12.3 Å². The second kappa shape index (κ2) is 19.5.